The molecular formula is C14H27N3O. The van der Waals surface area contributed by atoms with Crippen LogP contribution in [0.2, 0.25) is 0 Å². The SMILES string of the molecule is C=C(OCC)C(C)CNN1CCC(C)N=C1CC. The van der Waals surface area contributed by atoms with Crippen molar-refractivity contribution in [2.24, 2.45) is 10.9 Å². The molecule has 0 radical (unpaired) electrons. The van der Waals surface area contributed by atoms with E-state index >= 15 is 0 Å². The van der Waals surface area contributed by atoms with E-state index < -0.39 is 0 Å². The first-order valence-electron chi connectivity index (χ1n) is 6.97. The first-order valence-corrected chi connectivity index (χ1v) is 6.97. The van der Waals surface area contributed by atoms with Crippen LogP contribution in [0.15, 0.2) is 17.3 Å². The van der Waals surface area contributed by atoms with Crippen molar-refractivity contribution in [2.45, 2.75) is 46.6 Å². The average molecular weight is 253 g/mol. The normalized spacial score (nSPS) is 21.4. The summed E-state index contributed by atoms with van der Waals surface area (Å²) in [6.07, 6.45) is 2.08. The second-order valence-corrected chi connectivity index (χ2v) is 4.85. The van der Waals surface area contributed by atoms with Crippen molar-refractivity contribution in [3.8, 4) is 0 Å². The van der Waals surface area contributed by atoms with Crippen molar-refractivity contribution >= 4 is 5.84 Å². The predicted octanol–water partition coefficient (Wildman–Crippen LogP) is 2.58. The fourth-order valence-corrected chi connectivity index (χ4v) is 1.97. The number of aliphatic imine (C=N–C) groups is 1. The number of hydrogen-bond acceptors (Lipinski definition) is 4. The van der Waals surface area contributed by atoms with Crippen LogP contribution < -0.4 is 5.43 Å². The van der Waals surface area contributed by atoms with E-state index in [4.69, 9.17) is 4.74 Å². The van der Waals surface area contributed by atoms with E-state index in [2.05, 4.69) is 42.8 Å². The van der Waals surface area contributed by atoms with Crippen molar-refractivity contribution in [1.82, 2.24) is 10.4 Å². The van der Waals surface area contributed by atoms with Crippen LogP contribution >= 0.6 is 0 Å². The van der Waals surface area contributed by atoms with Gasteiger partial charge in [0.1, 0.15) is 5.84 Å². The van der Waals surface area contributed by atoms with E-state index in [0.29, 0.717) is 18.6 Å². The van der Waals surface area contributed by atoms with Gasteiger partial charge in [0.15, 0.2) is 0 Å². The monoisotopic (exact) mass is 253 g/mol. The molecule has 1 aliphatic rings. The van der Waals surface area contributed by atoms with Gasteiger partial charge in [-0.25, -0.2) is 5.43 Å². The first-order chi connectivity index (χ1) is 8.58. The molecular weight excluding hydrogens is 226 g/mol. The topological polar surface area (TPSA) is 36.9 Å². The number of amidine groups is 1. The molecule has 0 fully saturated rings. The zero-order valence-electron chi connectivity index (χ0n) is 12.2. The summed E-state index contributed by atoms with van der Waals surface area (Å²) in [4.78, 5) is 4.67. The van der Waals surface area contributed by atoms with E-state index in [9.17, 15) is 0 Å². The van der Waals surface area contributed by atoms with Crippen LogP contribution in [0.4, 0.5) is 0 Å². The van der Waals surface area contributed by atoms with Gasteiger partial charge in [-0.05, 0) is 20.3 Å². The van der Waals surface area contributed by atoms with Gasteiger partial charge in [0.2, 0.25) is 0 Å². The van der Waals surface area contributed by atoms with Crippen LogP contribution in [-0.2, 0) is 4.74 Å². The van der Waals surface area contributed by atoms with Crippen molar-refractivity contribution in [1.29, 1.82) is 0 Å². The summed E-state index contributed by atoms with van der Waals surface area (Å²) in [7, 11) is 0. The molecule has 0 saturated heterocycles. The second kappa shape index (κ2) is 7.41. The maximum atomic E-state index is 5.43. The molecule has 1 N–H and O–H groups in total. The summed E-state index contributed by atoms with van der Waals surface area (Å²) in [6.45, 7) is 14.9. The van der Waals surface area contributed by atoms with Gasteiger partial charge < -0.3 is 4.74 Å². The summed E-state index contributed by atoms with van der Waals surface area (Å²) in [5, 5.41) is 2.18. The molecule has 0 aliphatic carbocycles. The van der Waals surface area contributed by atoms with E-state index in [-0.39, 0.29) is 0 Å². The Morgan fingerprint density at radius 1 is 1.61 bits per heavy atom. The number of hydrazine groups is 1. The standard InChI is InChI=1S/C14H27N3O/c1-6-14-16-12(4)8-9-17(14)15-10-11(3)13(5)18-7-2/h11-12,15H,5-10H2,1-4H3. The van der Waals surface area contributed by atoms with Crippen LogP contribution in [0, 0.1) is 5.92 Å². The second-order valence-electron chi connectivity index (χ2n) is 4.85. The van der Waals surface area contributed by atoms with Crippen LogP contribution in [0.5, 0.6) is 0 Å². The number of ether oxygens (including phenoxy) is 1. The highest BCUT2D eigenvalue weighted by Crippen LogP contribution is 2.12. The Morgan fingerprint density at radius 2 is 2.33 bits per heavy atom. The molecule has 0 aromatic heterocycles. The van der Waals surface area contributed by atoms with Gasteiger partial charge >= 0.3 is 0 Å². The Kier molecular flexibility index (Phi) is 6.19. The van der Waals surface area contributed by atoms with Crippen LogP contribution in [-0.4, -0.2) is 36.6 Å². The summed E-state index contributed by atoms with van der Waals surface area (Å²) < 4.78 is 5.43. The number of hydrogen-bond donors (Lipinski definition) is 1. The molecule has 1 heterocycles. The molecule has 1 rings (SSSR count). The summed E-state index contributed by atoms with van der Waals surface area (Å²) in [5.74, 6) is 2.32. The molecule has 0 spiro atoms. The zero-order chi connectivity index (χ0) is 13.5. The molecule has 4 nitrogen and oxygen atoms in total. The third kappa shape index (κ3) is 4.33. The Bertz CT molecular complexity index is 301. The van der Waals surface area contributed by atoms with Gasteiger partial charge in [-0.2, -0.15) is 0 Å². The molecule has 2 unspecified atom stereocenters. The Labute approximate surface area is 111 Å². The minimum atomic E-state index is 0.308. The highest BCUT2D eigenvalue weighted by Gasteiger charge is 2.18. The van der Waals surface area contributed by atoms with Gasteiger partial charge in [0.05, 0.1) is 18.4 Å². The van der Waals surface area contributed by atoms with Crippen molar-refractivity contribution in [2.75, 3.05) is 19.7 Å². The number of rotatable bonds is 7. The lowest BCUT2D eigenvalue weighted by atomic mass is 10.1. The molecule has 104 valence electrons. The molecule has 1 aliphatic heterocycles. The quantitative estimate of drug-likeness (QED) is 0.709. The number of nitrogens with one attached hydrogen (secondary N) is 1. The van der Waals surface area contributed by atoms with Crippen LogP contribution in [0.1, 0.15) is 40.5 Å². The minimum absolute atomic E-state index is 0.308. The lowest BCUT2D eigenvalue weighted by Gasteiger charge is -2.32. The average Bonchev–Trinajstić information content (AvgIpc) is 2.37. The molecule has 2 atom stereocenters. The Hall–Kier alpha value is -1.03. The zero-order valence-corrected chi connectivity index (χ0v) is 12.2. The lowest BCUT2D eigenvalue weighted by Crippen LogP contribution is -2.48. The number of nitrogens with zero attached hydrogens (tertiary/aromatic N) is 2. The molecule has 18 heavy (non-hydrogen) atoms. The summed E-state index contributed by atoms with van der Waals surface area (Å²) >= 11 is 0. The van der Waals surface area contributed by atoms with Crippen LogP contribution in [0.3, 0.4) is 0 Å². The fraction of sp³-hybridized carbons (Fsp3) is 0.786. The van der Waals surface area contributed by atoms with Gasteiger partial charge in [0.25, 0.3) is 0 Å². The van der Waals surface area contributed by atoms with E-state index in [1.54, 1.807) is 0 Å². The maximum Gasteiger partial charge on any atom is 0.113 e. The first kappa shape index (κ1) is 15.0. The predicted molar refractivity (Wildman–Crippen MR) is 76.4 cm³/mol. The Morgan fingerprint density at radius 3 is 2.94 bits per heavy atom. The van der Waals surface area contributed by atoms with Gasteiger partial charge in [-0.15, -0.1) is 0 Å². The summed E-state index contributed by atoms with van der Waals surface area (Å²) in [5.41, 5.74) is 3.44. The van der Waals surface area contributed by atoms with E-state index in [1.807, 2.05) is 6.92 Å². The van der Waals surface area contributed by atoms with Crippen molar-refractivity contribution < 1.29 is 4.74 Å². The van der Waals surface area contributed by atoms with Gasteiger partial charge in [-0.1, -0.05) is 20.4 Å². The Balaban J connectivity index is 2.43. The molecule has 0 saturated carbocycles. The molecule has 4 heteroatoms. The highest BCUT2D eigenvalue weighted by atomic mass is 16.5. The third-order valence-corrected chi connectivity index (χ3v) is 3.24. The molecule has 0 aromatic carbocycles. The van der Waals surface area contributed by atoms with Gasteiger partial charge in [0, 0.05) is 25.4 Å². The molecule has 0 amide bonds. The van der Waals surface area contributed by atoms with Crippen LogP contribution in [0.25, 0.3) is 0 Å². The van der Waals surface area contributed by atoms with Crippen molar-refractivity contribution in [3.63, 3.8) is 0 Å². The fourth-order valence-electron chi connectivity index (χ4n) is 1.97. The lowest BCUT2D eigenvalue weighted by molar-refractivity contribution is 0.181. The van der Waals surface area contributed by atoms with E-state index in [1.165, 1.54) is 0 Å². The largest absolute Gasteiger partial charge is 0.499 e. The van der Waals surface area contributed by atoms with Crippen molar-refractivity contribution in [3.05, 3.63) is 12.3 Å². The maximum absolute atomic E-state index is 5.43. The smallest absolute Gasteiger partial charge is 0.113 e. The van der Waals surface area contributed by atoms with Gasteiger partial charge in [-0.3, -0.25) is 10.0 Å². The minimum Gasteiger partial charge on any atom is -0.499 e. The molecule has 0 bridgehead atoms. The molecule has 0 aromatic rings. The third-order valence-electron chi connectivity index (χ3n) is 3.24. The summed E-state index contributed by atoms with van der Waals surface area (Å²) in [6, 6.07) is 0.453. The highest BCUT2D eigenvalue weighted by molar-refractivity contribution is 5.82. The van der Waals surface area contributed by atoms with E-state index in [0.717, 1.165) is 37.5 Å².